The third-order valence-corrected chi connectivity index (χ3v) is 6.63. The van der Waals surface area contributed by atoms with Crippen LogP contribution in [0.4, 0.5) is 0 Å². The fraction of sp³-hybridized carbons (Fsp3) is 0.520. The predicted molar refractivity (Wildman–Crippen MR) is 118 cm³/mol. The van der Waals surface area contributed by atoms with Crippen LogP contribution in [0.25, 0.3) is 0 Å². The van der Waals surface area contributed by atoms with Crippen molar-refractivity contribution in [3.8, 4) is 11.5 Å². The van der Waals surface area contributed by atoms with E-state index >= 15 is 0 Å². The fourth-order valence-corrected chi connectivity index (χ4v) is 4.53. The van der Waals surface area contributed by atoms with Gasteiger partial charge in [-0.25, -0.2) is 0 Å². The Bertz CT molecular complexity index is 965. The zero-order valence-electron chi connectivity index (χ0n) is 18.7. The Hall–Kier alpha value is -3.00. The van der Waals surface area contributed by atoms with Crippen molar-refractivity contribution in [1.29, 1.82) is 0 Å². The van der Waals surface area contributed by atoms with Gasteiger partial charge in [0.2, 0.25) is 18.6 Å². The summed E-state index contributed by atoms with van der Waals surface area (Å²) in [5.74, 6) is 2.07. The van der Waals surface area contributed by atoms with Crippen LogP contribution in [0.15, 0.2) is 41.0 Å². The van der Waals surface area contributed by atoms with Crippen molar-refractivity contribution in [2.24, 2.45) is 5.92 Å². The van der Waals surface area contributed by atoms with Crippen molar-refractivity contribution in [3.63, 3.8) is 0 Å². The Labute approximate surface area is 193 Å². The molecule has 1 aromatic heterocycles. The molecule has 3 aliphatic rings. The molecule has 5 rings (SSSR count). The summed E-state index contributed by atoms with van der Waals surface area (Å²) < 4.78 is 22.2. The van der Waals surface area contributed by atoms with Gasteiger partial charge in [0.05, 0.1) is 25.5 Å². The highest BCUT2D eigenvalue weighted by molar-refractivity contribution is 5.86. The normalized spacial score (nSPS) is 19.3. The maximum absolute atomic E-state index is 13.5. The van der Waals surface area contributed by atoms with Crippen LogP contribution in [0.2, 0.25) is 0 Å². The second-order valence-electron chi connectivity index (χ2n) is 9.00. The lowest BCUT2D eigenvalue weighted by Gasteiger charge is -2.34. The minimum atomic E-state index is -0.116. The lowest BCUT2D eigenvalue weighted by molar-refractivity contribution is -0.146. The fourth-order valence-electron chi connectivity index (χ4n) is 4.53. The zero-order valence-corrected chi connectivity index (χ0v) is 18.7. The number of benzene rings is 1. The molecule has 3 heterocycles. The molecular weight excluding hydrogens is 424 g/mol. The van der Waals surface area contributed by atoms with E-state index in [0.29, 0.717) is 36.9 Å². The molecule has 1 saturated heterocycles. The van der Waals surface area contributed by atoms with E-state index in [9.17, 15) is 9.59 Å². The van der Waals surface area contributed by atoms with Crippen molar-refractivity contribution < 1.29 is 28.2 Å². The summed E-state index contributed by atoms with van der Waals surface area (Å²) in [5.41, 5.74) is 0.926. The Balaban J connectivity index is 1.32. The van der Waals surface area contributed by atoms with Crippen molar-refractivity contribution in [3.05, 3.63) is 47.9 Å². The Morgan fingerprint density at radius 2 is 1.85 bits per heavy atom. The molecule has 176 valence electrons. The van der Waals surface area contributed by atoms with Crippen LogP contribution in [-0.4, -0.2) is 54.2 Å². The number of carbonyl (C=O) groups excluding carboxylic acids is 2. The van der Waals surface area contributed by atoms with Crippen LogP contribution in [-0.2, 0) is 27.4 Å². The molecule has 2 fully saturated rings. The van der Waals surface area contributed by atoms with Crippen LogP contribution >= 0.6 is 0 Å². The number of nitrogens with zero attached hydrogens (tertiary/aromatic N) is 2. The molecule has 0 N–H and O–H groups in total. The van der Waals surface area contributed by atoms with Crippen molar-refractivity contribution in [2.75, 3.05) is 26.5 Å². The minimum Gasteiger partial charge on any atom is -0.467 e. The zero-order chi connectivity index (χ0) is 22.6. The molecular formula is C25H30N2O6. The van der Waals surface area contributed by atoms with Gasteiger partial charge in [0.1, 0.15) is 5.76 Å². The lowest BCUT2D eigenvalue weighted by atomic mass is 9.84. The van der Waals surface area contributed by atoms with Gasteiger partial charge in [-0.05, 0) is 55.5 Å². The molecule has 1 aromatic carbocycles. The third-order valence-electron chi connectivity index (χ3n) is 6.63. The highest BCUT2D eigenvalue weighted by Crippen LogP contribution is 2.33. The van der Waals surface area contributed by atoms with Gasteiger partial charge in [-0.1, -0.05) is 12.5 Å². The topological polar surface area (TPSA) is 81.5 Å². The van der Waals surface area contributed by atoms with E-state index in [2.05, 4.69) is 0 Å². The Kier molecular flexibility index (Phi) is 6.53. The lowest BCUT2D eigenvalue weighted by Crippen LogP contribution is -2.48. The molecule has 1 saturated carbocycles. The third kappa shape index (κ3) is 5.16. The molecule has 8 nitrogen and oxygen atoms in total. The van der Waals surface area contributed by atoms with Gasteiger partial charge in [-0.3, -0.25) is 9.59 Å². The number of hydrogen-bond donors (Lipinski definition) is 0. The van der Waals surface area contributed by atoms with E-state index in [1.807, 2.05) is 30.3 Å². The largest absolute Gasteiger partial charge is 0.467 e. The summed E-state index contributed by atoms with van der Waals surface area (Å²) in [6, 6.07) is 9.34. The number of amides is 2. The first-order valence-corrected chi connectivity index (χ1v) is 11.7. The number of carbonyl (C=O) groups is 2. The first-order chi connectivity index (χ1) is 16.2. The van der Waals surface area contributed by atoms with E-state index < -0.39 is 0 Å². The number of furan rings is 1. The molecule has 1 aliphatic carbocycles. The van der Waals surface area contributed by atoms with Gasteiger partial charge in [0, 0.05) is 25.6 Å². The van der Waals surface area contributed by atoms with E-state index in [1.165, 1.54) is 0 Å². The molecule has 0 bridgehead atoms. The van der Waals surface area contributed by atoms with E-state index in [4.69, 9.17) is 18.6 Å². The maximum Gasteiger partial charge on any atom is 0.242 e. The van der Waals surface area contributed by atoms with Crippen LogP contribution in [0.1, 0.15) is 43.4 Å². The van der Waals surface area contributed by atoms with Crippen LogP contribution < -0.4 is 9.47 Å². The molecule has 2 aliphatic heterocycles. The Morgan fingerprint density at radius 3 is 2.58 bits per heavy atom. The summed E-state index contributed by atoms with van der Waals surface area (Å²) in [5, 5.41) is 0. The first-order valence-electron chi connectivity index (χ1n) is 11.7. The van der Waals surface area contributed by atoms with Crippen LogP contribution in [0.3, 0.4) is 0 Å². The van der Waals surface area contributed by atoms with Gasteiger partial charge < -0.3 is 28.4 Å². The summed E-state index contributed by atoms with van der Waals surface area (Å²) in [4.78, 5) is 30.1. The molecule has 1 unspecified atom stereocenters. The minimum absolute atomic E-state index is 0.00853. The molecule has 2 amide bonds. The Morgan fingerprint density at radius 1 is 0.970 bits per heavy atom. The van der Waals surface area contributed by atoms with E-state index in [0.717, 1.165) is 44.3 Å². The summed E-state index contributed by atoms with van der Waals surface area (Å²) >= 11 is 0. The smallest absolute Gasteiger partial charge is 0.242 e. The molecule has 0 spiro atoms. The van der Waals surface area contributed by atoms with Gasteiger partial charge >= 0.3 is 0 Å². The monoisotopic (exact) mass is 454 g/mol. The average molecular weight is 455 g/mol. The highest BCUT2D eigenvalue weighted by Gasteiger charge is 2.33. The average Bonchev–Trinajstić information content (AvgIpc) is 3.54. The summed E-state index contributed by atoms with van der Waals surface area (Å²) in [6.07, 6.45) is 6.42. The number of fused-ring (bicyclic) bond motifs is 1. The van der Waals surface area contributed by atoms with Crippen molar-refractivity contribution >= 4 is 11.8 Å². The van der Waals surface area contributed by atoms with Crippen molar-refractivity contribution in [2.45, 2.75) is 51.3 Å². The van der Waals surface area contributed by atoms with Crippen LogP contribution in [0, 0.1) is 5.92 Å². The van der Waals surface area contributed by atoms with Gasteiger partial charge in [-0.15, -0.1) is 0 Å². The summed E-state index contributed by atoms with van der Waals surface area (Å²) in [6.45, 7) is 2.14. The first kappa shape index (κ1) is 21.8. The SMILES string of the molecule is O=C(CN(CC1CCCO1)C(=O)C1CCC1)N(Cc1ccc2c(c1)OCO2)Cc1ccco1. The molecule has 1 atom stereocenters. The van der Waals surface area contributed by atoms with Gasteiger partial charge in [0.15, 0.2) is 11.5 Å². The second-order valence-corrected chi connectivity index (χ2v) is 9.00. The predicted octanol–water partition coefficient (Wildman–Crippen LogP) is 3.34. The van der Waals surface area contributed by atoms with Crippen molar-refractivity contribution in [1.82, 2.24) is 9.80 Å². The van der Waals surface area contributed by atoms with Gasteiger partial charge in [-0.2, -0.15) is 0 Å². The maximum atomic E-state index is 13.5. The molecule has 33 heavy (non-hydrogen) atoms. The number of ether oxygens (including phenoxy) is 3. The molecule has 2 aromatic rings. The quantitative estimate of drug-likeness (QED) is 0.578. The van der Waals surface area contributed by atoms with E-state index in [1.54, 1.807) is 16.1 Å². The highest BCUT2D eigenvalue weighted by atomic mass is 16.7. The second kappa shape index (κ2) is 9.87. The molecule has 8 heteroatoms. The molecule has 0 radical (unpaired) electrons. The van der Waals surface area contributed by atoms with E-state index in [-0.39, 0.29) is 37.2 Å². The number of hydrogen-bond acceptors (Lipinski definition) is 6. The summed E-state index contributed by atoms with van der Waals surface area (Å²) in [7, 11) is 0. The van der Waals surface area contributed by atoms with Crippen LogP contribution in [0.5, 0.6) is 11.5 Å². The number of rotatable bonds is 9. The van der Waals surface area contributed by atoms with Gasteiger partial charge in [0.25, 0.3) is 0 Å². The standard InChI is InChI=1S/C25H30N2O6/c28-24(16-27(15-21-7-3-11-31-21)25(29)19-4-1-5-19)26(14-20-6-2-10-30-20)13-18-8-9-22-23(12-18)33-17-32-22/h2,6,8-10,12,19,21H,1,3-5,7,11,13-17H2.